The van der Waals surface area contributed by atoms with Crippen molar-refractivity contribution in [2.45, 2.75) is 6.92 Å². The van der Waals surface area contributed by atoms with Crippen LogP contribution in [0.15, 0.2) is 23.3 Å². The lowest BCUT2D eigenvalue weighted by molar-refractivity contribution is -0.210. The third-order valence-corrected chi connectivity index (χ3v) is 1.84. The van der Waals surface area contributed by atoms with Crippen LogP contribution in [0.3, 0.4) is 0 Å². The van der Waals surface area contributed by atoms with Gasteiger partial charge in [0.25, 0.3) is 0 Å². The van der Waals surface area contributed by atoms with E-state index in [9.17, 15) is 0 Å². The van der Waals surface area contributed by atoms with E-state index in [1.807, 2.05) is 38.1 Å². The Bertz CT molecular complexity index is 292. The van der Waals surface area contributed by atoms with Crippen LogP contribution in [0.25, 0.3) is 0 Å². The molecule has 1 aromatic carbocycles. The van der Waals surface area contributed by atoms with Gasteiger partial charge in [0.1, 0.15) is 5.69 Å². The Hall–Kier alpha value is -1.38. The largest absolute Gasteiger partial charge is 0.378 e. The van der Waals surface area contributed by atoms with Crippen molar-refractivity contribution >= 4 is 11.4 Å². The summed E-state index contributed by atoms with van der Waals surface area (Å²) in [6.45, 7) is 2.00. The molecule has 0 amide bonds. The second-order valence-electron chi connectivity index (χ2n) is 2.99. The number of aryl methyl sites for hydroxylation is 1. The highest BCUT2D eigenvalue weighted by Gasteiger charge is 2.00. The summed E-state index contributed by atoms with van der Waals surface area (Å²) in [5.41, 5.74) is 8.30. The lowest BCUT2D eigenvalue weighted by Gasteiger charge is -2.12. The first-order valence-corrected chi connectivity index (χ1v) is 3.84. The molecule has 2 N–H and O–H groups in total. The lowest BCUT2D eigenvalue weighted by atomic mass is 10.2. The predicted molar refractivity (Wildman–Crippen MR) is 49.5 cm³/mol. The molecule has 12 heavy (non-hydrogen) atoms. The Morgan fingerprint density at radius 1 is 1.33 bits per heavy atom. The van der Waals surface area contributed by atoms with E-state index >= 15 is 0 Å². The van der Waals surface area contributed by atoms with Gasteiger partial charge in [-0.25, -0.2) is 0 Å². The fraction of sp³-hybridized carbons (Fsp3) is 0.333. The maximum absolute atomic E-state index is 5.19. The summed E-state index contributed by atoms with van der Waals surface area (Å²) in [5, 5.41) is 3.65. The fourth-order valence-corrected chi connectivity index (χ4v) is 1.06. The number of rotatable bonds is 2. The molecular weight excluding hydrogens is 150 g/mol. The highest BCUT2D eigenvalue weighted by atomic mass is 15.1. The van der Waals surface area contributed by atoms with Crippen LogP contribution in [0, 0.1) is 6.92 Å². The quantitative estimate of drug-likeness (QED) is 0.648. The van der Waals surface area contributed by atoms with E-state index in [4.69, 9.17) is 5.53 Å². The van der Waals surface area contributed by atoms with E-state index in [0.717, 1.165) is 11.3 Å². The second-order valence-corrected chi connectivity index (χ2v) is 2.99. The first-order chi connectivity index (χ1) is 5.65. The van der Waals surface area contributed by atoms with E-state index in [2.05, 4.69) is 11.2 Å². The van der Waals surface area contributed by atoms with Crippen molar-refractivity contribution in [3.05, 3.63) is 23.8 Å². The van der Waals surface area contributed by atoms with Crippen LogP contribution in [0.2, 0.25) is 0 Å². The molecule has 0 aromatic heterocycles. The second kappa shape index (κ2) is 3.34. The number of hydrogen-bond donors (Lipinski definition) is 1. The molecule has 0 unspecified atom stereocenters. The molecule has 0 aliphatic carbocycles. The van der Waals surface area contributed by atoms with Gasteiger partial charge in [-0.3, -0.25) is 0 Å². The molecule has 1 aromatic rings. The molecule has 0 radical (unpaired) electrons. The van der Waals surface area contributed by atoms with Crippen LogP contribution < -0.4 is 10.4 Å². The number of hydrogen-bond acceptors (Lipinski definition) is 2. The van der Waals surface area contributed by atoms with E-state index in [-0.39, 0.29) is 0 Å². The summed E-state index contributed by atoms with van der Waals surface area (Å²) < 4.78 is 0. The molecule has 3 heteroatoms. The molecule has 0 fully saturated rings. The van der Waals surface area contributed by atoms with Gasteiger partial charge in [0.2, 0.25) is 0 Å². The van der Waals surface area contributed by atoms with Crippen molar-refractivity contribution in [2.75, 3.05) is 19.0 Å². The summed E-state index contributed by atoms with van der Waals surface area (Å²) in [6, 6.07) is 5.98. The van der Waals surface area contributed by atoms with Gasteiger partial charge in [0.05, 0.1) is 0 Å². The van der Waals surface area contributed by atoms with Crippen molar-refractivity contribution in [1.82, 2.24) is 0 Å². The number of nitrogens with zero attached hydrogens (tertiary/aromatic N) is 2. The van der Waals surface area contributed by atoms with Crippen molar-refractivity contribution in [3.8, 4) is 0 Å². The summed E-state index contributed by atoms with van der Waals surface area (Å²) in [6.07, 6.45) is 0. The number of anilines is 1. The van der Waals surface area contributed by atoms with Gasteiger partial charge in [-0.1, -0.05) is 0 Å². The minimum absolute atomic E-state index is 0.848. The highest BCUT2D eigenvalue weighted by Crippen LogP contribution is 2.22. The van der Waals surface area contributed by atoms with Crippen LogP contribution in [0.5, 0.6) is 0 Å². The summed E-state index contributed by atoms with van der Waals surface area (Å²) in [4.78, 5) is 2.05. The SMILES string of the molecule is Cc1cc(N(C)C)ccc1N=[NH2+]. The molecule has 0 spiro atoms. The van der Waals surface area contributed by atoms with E-state index in [1.165, 1.54) is 5.69 Å². The molecule has 0 aliphatic rings. The number of benzene rings is 1. The molecule has 1 rings (SSSR count). The van der Waals surface area contributed by atoms with Gasteiger partial charge in [0.15, 0.2) is 0 Å². The zero-order valence-corrected chi connectivity index (χ0v) is 7.70. The van der Waals surface area contributed by atoms with Gasteiger partial charge in [-0.05, 0) is 35.8 Å². The van der Waals surface area contributed by atoms with Crippen LogP contribution in [0.1, 0.15) is 5.56 Å². The minimum atomic E-state index is 0.848. The minimum Gasteiger partial charge on any atom is -0.378 e. The average molecular weight is 164 g/mol. The Morgan fingerprint density at radius 2 is 2.00 bits per heavy atom. The van der Waals surface area contributed by atoms with E-state index in [1.54, 1.807) is 0 Å². The zero-order valence-electron chi connectivity index (χ0n) is 7.70. The standard InChI is InChI=1S/C9H13N3/c1-7-6-8(12(2)3)4-5-9(7)11-10/h4-6,10H,1-3H3/p+1. The molecular formula is C9H14N3+. The Balaban J connectivity index is 3.10. The number of nitrogens with two attached hydrogens (primary N) is 1. The summed E-state index contributed by atoms with van der Waals surface area (Å²) in [7, 11) is 4.02. The van der Waals surface area contributed by atoms with Crippen molar-refractivity contribution in [3.63, 3.8) is 0 Å². The smallest absolute Gasteiger partial charge is 0.133 e. The van der Waals surface area contributed by atoms with Crippen molar-refractivity contribution < 1.29 is 5.53 Å². The predicted octanol–water partition coefficient (Wildman–Crippen LogP) is 0.904. The third-order valence-electron chi connectivity index (χ3n) is 1.84. The molecule has 0 heterocycles. The van der Waals surface area contributed by atoms with Gasteiger partial charge < -0.3 is 4.90 Å². The molecule has 64 valence electrons. The van der Waals surface area contributed by atoms with Gasteiger partial charge >= 0.3 is 0 Å². The monoisotopic (exact) mass is 164 g/mol. The molecule has 0 aliphatic heterocycles. The molecule has 0 bridgehead atoms. The van der Waals surface area contributed by atoms with Crippen LogP contribution in [-0.4, -0.2) is 14.1 Å². The van der Waals surface area contributed by atoms with Crippen molar-refractivity contribution in [1.29, 1.82) is 0 Å². The van der Waals surface area contributed by atoms with E-state index < -0.39 is 0 Å². The maximum atomic E-state index is 5.19. The molecule has 0 saturated heterocycles. The Labute approximate surface area is 72.5 Å². The van der Waals surface area contributed by atoms with Gasteiger partial charge in [0, 0.05) is 19.8 Å². The first kappa shape index (κ1) is 8.71. The lowest BCUT2D eigenvalue weighted by Crippen LogP contribution is -2.22. The maximum Gasteiger partial charge on any atom is 0.133 e. The normalized spacial score (nSPS) is 9.58. The molecule has 0 saturated carbocycles. The zero-order chi connectivity index (χ0) is 9.14. The van der Waals surface area contributed by atoms with E-state index in [0.29, 0.717) is 0 Å². The summed E-state index contributed by atoms with van der Waals surface area (Å²) >= 11 is 0. The fourth-order valence-electron chi connectivity index (χ4n) is 1.06. The topological polar surface area (TPSA) is 41.2 Å². The van der Waals surface area contributed by atoms with Gasteiger partial charge in [-0.2, -0.15) is 5.53 Å². The average Bonchev–Trinajstić information content (AvgIpc) is 2.04. The van der Waals surface area contributed by atoms with Crippen LogP contribution in [-0.2, 0) is 0 Å². The molecule has 0 atom stereocenters. The Kier molecular flexibility index (Phi) is 2.43. The third kappa shape index (κ3) is 1.61. The highest BCUT2D eigenvalue weighted by molar-refractivity contribution is 5.56. The molecule has 3 nitrogen and oxygen atoms in total. The van der Waals surface area contributed by atoms with Gasteiger partial charge in [-0.15, -0.1) is 0 Å². The summed E-state index contributed by atoms with van der Waals surface area (Å²) in [5.74, 6) is 0. The van der Waals surface area contributed by atoms with Crippen LogP contribution in [0.4, 0.5) is 11.4 Å². The first-order valence-electron chi connectivity index (χ1n) is 3.84. The Morgan fingerprint density at radius 3 is 2.42 bits per heavy atom. The van der Waals surface area contributed by atoms with Crippen molar-refractivity contribution in [2.24, 2.45) is 5.11 Å². The van der Waals surface area contributed by atoms with Crippen LogP contribution >= 0.6 is 0 Å².